The molecule has 0 amide bonds. The summed E-state index contributed by atoms with van der Waals surface area (Å²) in [5.74, 6) is 1.60. The number of ether oxygens (including phenoxy) is 3. The summed E-state index contributed by atoms with van der Waals surface area (Å²) in [7, 11) is 1.33. The molecule has 1 atom stereocenters. The number of nitrogens with zero attached hydrogens (tertiary/aromatic N) is 3. The Morgan fingerprint density at radius 3 is 2.41 bits per heavy atom. The molecule has 0 saturated carbocycles. The quantitative estimate of drug-likeness (QED) is 0.104. The van der Waals surface area contributed by atoms with E-state index < -0.39 is 12.1 Å². The fourth-order valence-electron chi connectivity index (χ4n) is 4.36. The van der Waals surface area contributed by atoms with E-state index >= 15 is 0 Å². The Bertz CT molecular complexity index is 1670. The molecule has 0 spiro atoms. The zero-order valence-corrected chi connectivity index (χ0v) is 28.0. The molecule has 1 aromatic heterocycles. The van der Waals surface area contributed by atoms with Crippen LogP contribution in [0.4, 0.5) is 0 Å². The third kappa shape index (κ3) is 6.74. The highest BCUT2D eigenvalue weighted by Crippen LogP contribution is 2.34. The lowest BCUT2D eigenvalue weighted by Crippen LogP contribution is -2.25. The first-order chi connectivity index (χ1) is 19.5. The maximum Gasteiger partial charge on any atom is 0.346 e. The van der Waals surface area contributed by atoms with E-state index in [2.05, 4.69) is 64.1 Å². The van der Waals surface area contributed by atoms with Gasteiger partial charge in [0.1, 0.15) is 11.5 Å². The van der Waals surface area contributed by atoms with Gasteiger partial charge in [0.05, 0.1) is 38.0 Å². The molecule has 41 heavy (non-hydrogen) atoms. The lowest BCUT2D eigenvalue weighted by Gasteiger charge is -2.18. The first-order valence-electron chi connectivity index (χ1n) is 13.1. The fourth-order valence-corrected chi connectivity index (χ4v) is 6.43. The molecular weight excluding hydrogens is 748 g/mol. The van der Waals surface area contributed by atoms with Gasteiger partial charge >= 0.3 is 5.97 Å². The molecule has 0 fully saturated rings. The summed E-state index contributed by atoms with van der Waals surface area (Å²) >= 11 is 4.31. The fraction of sp³-hybridized carbons (Fsp3) is 0.290. The highest BCUT2D eigenvalue weighted by atomic mass is 127. The van der Waals surface area contributed by atoms with E-state index in [9.17, 15) is 9.59 Å². The monoisotopic (exact) mass is 779 g/mol. The highest BCUT2D eigenvalue weighted by Gasteiger charge is 2.20. The molecule has 1 heterocycles. The van der Waals surface area contributed by atoms with Crippen LogP contribution in [0.3, 0.4) is 0 Å². The van der Waals surface area contributed by atoms with Crippen molar-refractivity contribution in [3.8, 4) is 22.9 Å². The van der Waals surface area contributed by atoms with Crippen LogP contribution in [0.2, 0.25) is 0 Å². The average Bonchev–Trinajstić information content (AvgIpc) is 2.94. The first-order valence-corrected chi connectivity index (χ1v) is 15.3. The number of benzene rings is 3. The van der Waals surface area contributed by atoms with Gasteiger partial charge in [-0.05, 0) is 125 Å². The maximum absolute atomic E-state index is 13.8. The molecule has 0 N–H and O–H groups in total. The Kier molecular flexibility index (Phi) is 10.1. The minimum absolute atomic E-state index is 0.201. The standard InChI is InChI=1S/C31H31I2N3O5/c1-7-40-27-12-18(4)23(15-22(27)17(2)3)29-35-26-11-9-8-10-21(26)30(37)36(29)34-16-20-13-24(32)28(25(33)14-20)41-19(5)31(38)39-6/h8-17,19H,7H2,1-6H3/t19-/m1/s1. The van der Waals surface area contributed by atoms with E-state index in [0.29, 0.717) is 29.1 Å². The van der Waals surface area contributed by atoms with Crippen molar-refractivity contribution in [2.45, 2.75) is 46.6 Å². The van der Waals surface area contributed by atoms with Crippen molar-refractivity contribution < 1.29 is 19.0 Å². The van der Waals surface area contributed by atoms with Gasteiger partial charge in [0.25, 0.3) is 5.56 Å². The SMILES string of the molecule is CCOc1cc(C)c(-c2nc3ccccc3c(=O)n2N=Cc2cc(I)c(O[C@H](C)C(=O)OC)c(I)c2)cc1C(C)C. The molecule has 214 valence electrons. The molecule has 0 aliphatic carbocycles. The van der Waals surface area contributed by atoms with Crippen molar-refractivity contribution in [3.05, 3.63) is 82.7 Å². The predicted octanol–water partition coefficient (Wildman–Crippen LogP) is 6.93. The van der Waals surface area contributed by atoms with Crippen molar-refractivity contribution in [1.82, 2.24) is 9.66 Å². The lowest BCUT2D eigenvalue weighted by atomic mass is 9.96. The average molecular weight is 779 g/mol. The van der Waals surface area contributed by atoms with Crippen LogP contribution in [0, 0.1) is 14.1 Å². The van der Waals surface area contributed by atoms with Gasteiger partial charge in [-0.3, -0.25) is 4.79 Å². The summed E-state index contributed by atoms with van der Waals surface area (Å²) < 4.78 is 19.5. The van der Waals surface area contributed by atoms with Gasteiger partial charge in [0.2, 0.25) is 0 Å². The number of methoxy groups -OCH3 is 1. The Morgan fingerprint density at radius 1 is 1.10 bits per heavy atom. The van der Waals surface area contributed by atoms with Gasteiger partial charge in [0.15, 0.2) is 11.9 Å². The number of rotatable bonds is 9. The molecule has 4 rings (SSSR count). The van der Waals surface area contributed by atoms with Crippen molar-refractivity contribution in [2.24, 2.45) is 5.10 Å². The van der Waals surface area contributed by atoms with Gasteiger partial charge in [-0.1, -0.05) is 26.0 Å². The Morgan fingerprint density at radius 2 is 1.78 bits per heavy atom. The normalized spacial score (nSPS) is 12.2. The number of carbonyl (C=O) groups excluding carboxylic acids is 1. The van der Waals surface area contributed by atoms with Gasteiger partial charge in [-0.2, -0.15) is 9.78 Å². The van der Waals surface area contributed by atoms with Crippen LogP contribution < -0.4 is 15.0 Å². The Labute approximate surface area is 266 Å². The lowest BCUT2D eigenvalue weighted by molar-refractivity contribution is -0.147. The van der Waals surface area contributed by atoms with Crippen LogP contribution in [0.1, 0.15) is 50.3 Å². The first kappa shape index (κ1) is 30.9. The molecule has 0 saturated heterocycles. The highest BCUT2D eigenvalue weighted by molar-refractivity contribution is 14.1. The third-order valence-electron chi connectivity index (χ3n) is 6.44. The van der Waals surface area contributed by atoms with Crippen LogP contribution in [0.15, 0.2) is 58.4 Å². The third-order valence-corrected chi connectivity index (χ3v) is 8.05. The predicted molar refractivity (Wildman–Crippen MR) is 178 cm³/mol. The number of halogens is 2. The minimum atomic E-state index is -0.751. The van der Waals surface area contributed by atoms with Crippen LogP contribution in [0.5, 0.6) is 11.5 Å². The van der Waals surface area contributed by atoms with E-state index in [1.165, 1.54) is 11.8 Å². The van der Waals surface area contributed by atoms with E-state index in [4.69, 9.17) is 19.2 Å². The number of hydrogen-bond donors (Lipinski definition) is 0. The molecule has 0 aliphatic heterocycles. The number of hydrogen-bond acceptors (Lipinski definition) is 7. The zero-order chi connectivity index (χ0) is 29.8. The topological polar surface area (TPSA) is 92.0 Å². The van der Waals surface area contributed by atoms with Crippen molar-refractivity contribution in [2.75, 3.05) is 13.7 Å². The van der Waals surface area contributed by atoms with Crippen molar-refractivity contribution in [3.63, 3.8) is 0 Å². The van der Waals surface area contributed by atoms with Gasteiger partial charge in [-0.25, -0.2) is 9.78 Å². The number of aromatic nitrogens is 2. The number of aryl methyl sites for hydroxylation is 1. The number of para-hydroxylation sites is 1. The van der Waals surface area contributed by atoms with Crippen LogP contribution >= 0.6 is 45.2 Å². The Hall–Kier alpha value is -3.00. The summed E-state index contributed by atoms with van der Waals surface area (Å²) in [6.45, 7) is 10.4. The molecule has 0 bridgehead atoms. The summed E-state index contributed by atoms with van der Waals surface area (Å²) in [6.07, 6.45) is 0.881. The molecule has 4 aromatic rings. The molecule has 10 heteroatoms. The summed E-state index contributed by atoms with van der Waals surface area (Å²) in [5.41, 5.74) is 3.86. The molecular formula is C31H31I2N3O5. The van der Waals surface area contributed by atoms with E-state index in [0.717, 1.165) is 35.1 Å². The smallest absolute Gasteiger partial charge is 0.346 e. The number of carbonyl (C=O) groups is 1. The molecule has 0 radical (unpaired) electrons. The van der Waals surface area contributed by atoms with Gasteiger partial charge in [-0.15, -0.1) is 0 Å². The molecule has 0 aliphatic rings. The summed E-state index contributed by atoms with van der Waals surface area (Å²) in [5, 5.41) is 5.13. The second-order valence-electron chi connectivity index (χ2n) is 9.70. The second kappa shape index (κ2) is 13.3. The van der Waals surface area contributed by atoms with Crippen molar-refractivity contribution >= 4 is 68.3 Å². The van der Waals surface area contributed by atoms with Crippen molar-refractivity contribution in [1.29, 1.82) is 0 Å². The number of esters is 1. The minimum Gasteiger partial charge on any atom is -0.494 e. The van der Waals surface area contributed by atoms with Gasteiger partial charge < -0.3 is 14.2 Å². The van der Waals surface area contributed by atoms with E-state index in [-0.39, 0.29) is 11.5 Å². The Balaban J connectivity index is 1.86. The van der Waals surface area contributed by atoms with E-state index in [1.807, 2.05) is 56.3 Å². The van der Waals surface area contributed by atoms with Gasteiger partial charge in [0, 0.05) is 5.56 Å². The largest absolute Gasteiger partial charge is 0.494 e. The molecule has 8 nitrogen and oxygen atoms in total. The second-order valence-corrected chi connectivity index (χ2v) is 12.0. The van der Waals surface area contributed by atoms with Crippen LogP contribution in [-0.2, 0) is 9.53 Å². The van der Waals surface area contributed by atoms with Crippen LogP contribution in [-0.4, -0.2) is 41.7 Å². The van der Waals surface area contributed by atoms with Crippen LogP contribution in [0.25, 0.3) is 22.3 Å². The summed E-state index contributed by atoms with van der Waals surface area (Å²) in [4.78, 5) is 30.5. The zero-order valence-electron chi connectivity index (χ0n) is 23.7. The number of fused-ring (bicyclic) bond motifs is 1. The molecule has 0 unspecified atom stereocenters. The van der Waals surface area contributed by atoms with E-state index in [1.54, 1.807) is 19.2 Å². The maximum atomic E-state index is 13.8. The molecule has 3 aromatic carbocycles. The summed E-state index contributed by atoms with van der Waals surface area (Å²) in [6, 6.07) is 15.1.